The lowest BCUT2D eigenvalue weighted by Crippen LogP contribution is -2.42. The van der Waals surface area contributed by atoms with Crippen molar-refractivity contribution in [3.63, 3.8) is 0 Å². The molecule has 2 aromatic rings. The topological polar surface area (TPSA) is 57.5 Å². The van der Waals surface area contributed by atoms with Crippen molar-refractivity contribution in [2.24, 2.45) is 4.99 Å². The Labute approximate surface area is 162 Å². The van der Waals surface area contributed by atoms with E-state index >= 15 is 0 Å². The van der Waals surface area contributed by atoms with Crippen molar-refractivity contribution in [3.8, 4) is 5.69 Å². The zero-order chi connectivity index (χ0) is 19.1. The molecule has 27 heavy (non-hydrogen) atoms. The predicted octanol–water partition coefficient (Wildman–Crippen LogP) is 2.64. The van der Waals surface area contributed by atoms with Crippen LogP contribution in [0.25, 0.3) is 5.69 Å². The SMILES string of the molecule is CN=C(NCCN1CCCCC1)NCc1ccccc1-n1nc(C)cc1C. The maximum Gasteiger partial charge on any atom is 0.191 e. The van der Waals surface area contributed by atoms with Crippen LogP contribution in [0.15, 0.2) is 35.3 Å². The fourth-order valence-corrected chi connectivity index (χ4v) is 3.65. The van der Waals surface area contributed by atoms with E-state index in [1.807, 2.05) is 18.7 Å². The van der Waals surface area contributed by atoms with E-state index in [0.29, 0.717) is 6.54 Å². The molecule has 3 rings (SSSR count). The summed E-state index contributed by atoms with van der Waals surface area (Å²) in [7, 11) is 1.82. The Morgan fingerprint density at radius 2 is 1.89 bits per heavy atom. The van der Waals surface area contributed by atoms with Crippen molar-refractivity contribution in [1.29, 1.82) is 0 Å². The summed E-state index contributed by atoms with van der Waals surface area (Å²) in [5, 5.41) is 11.5. The van der Waals surface area contributed by atoms with Gasteiger partial charge in [0.05, 0.1) is 11.4 Å². The van der Waals surface area contributed by atoms with Crippen LogP contribution in [0.5, 0.6) is 0 Å². The van der Waals surface area contributed by atoms with E-state index in [-0.39, 0.29) is 0 Å². The van der Waals surface area contributed by atoms with E-state index in [9.17, 15) is 0 Å². The lowest BCUT2D eigenvalue weighted by molar-refractivity contribution is 0.232. The van der Waals surface area contributed by atoms with Gasteiger partial charge in [0.25, 0.3) is 0 Å². The molecule has 1 fully saturated rings. The number of nitrogens with one attached hydrogen (secondary N) is 2. The van der Waals surface area contributed by atoms with Gasteiger partial charge in [0.2, 0.25) is 0 Å². The third-order valence-electron chi connectivity index (χ3n) is 5.07. The van der Waals surface area contributed by atoms with Gasteiger partial charge in [0.15, 0.2) is 5.96 Å². The van der Waals surface area contributed by atoms with E-state index in [1.165, 1.54) is 37.9 Å². The Morgan fingerprint density at radius 1 is 1.11 bits per heavy atom. The van der Waals surface area contributed by atoms with Gasteiger partial charge in [-0.25, -0.2) is 4.68 Å². The minimum Gasteiger partial charge on any atom is -0.355 e. The summed E-state index contributed by atoms with van der Waals surface area (Å²) in [5.41, 5.74) is 4.48. The molecule has 1 saturated heterocycles. The molecule has 6 heteroatoms. The fourth-order valence-electron chi connectivity index (χ4n) is 3.65. The highest BCUT2D eigenvalue weighted by Crippen LogP contribution is 2.16. The molecule has 0 bridgehead atoms. The van der Waals surface area contributed by atoms with Gasteiger partial charge in [-0.1, -0.05) is 24.6 Å². The van der Waals surface area contributed by atoms with E-state index in [1.54, 1.807) is 0 Å². The second kappa shape index (κ2) is 9.55. The van der Waals surface area contributed by atoms with E-state index in [2.05, 4.69) is 62.9 Å². The third kappa shape index (κ3) is 5.32. The molecule has 0 spiro atoms. The van der Waals surface area contributed by atoms with Crippen molar-refractivity contribution in [2.75, 3.05) is 33.2 Å². The van der Waals surface area contributed by atoms with Crippen LogP contribution in [0, 0.1) is 13.8 Å². The normalized spacial score (nSPS) is 15.7. The Hall–Kier alpha value is -2.34. The average Bonchev–Trinajstić information content (AvgIpc) is 3.03. The first-order valence-electron chi connectivity index (χ1n) is 9.96. The highest BCUT2D eigenvalue weighted by Gasteiger charge is 2.11. The molecule has 1 aliphatic rings. The smallest absolute Gasteiger partial charge is 0.191 e. The summed E-state index contributed by atoms with van der Waals surface area (Å²) >= 11 is 0. The number of hydrogen-bond donors (Lipinski definition) is 2. The van der Waals surface area contributed by atoms with Crippen LogP contribution in [0.4, 0.5) is 0 Å². The first-order valence-corrected chi connectivity index (χ1v) is 9.96. The number of guanidine groups is 1. The molecule has 0 aliphatic carbocycles. The molecular weight excluding hydrogens is 336 g/mol. The van der Waals surface area contributed by atoms with Crippen LogP contribution in [0.3, 0.4) is 0 Å². The summed E-state index contributed by atoms with van der Waals surface area (Å²) in [6, 6.07) is 10.5. The molecule has 1 aromatic heterocycles. The van der Waals surface area contributed by atoms with Crippen LogP contribution in [0.2, 0.25) is 0 Å². The largest absolute Gasteiger partial charge is 0.355 e. The predicted molar refractivity (Wildman–Crippen MR) is 112 cm³/mol. The summed E-state index contributed by atoms with van der Waals surface area (Å²) in [5.74, 6) is 0.843. The number of para-hydroxylation sites is 1. The third-order valence-corrected chi connectivity index (χ3v) is 5.07. The average molecular weight is 369 g/mol. The minimum absolute atomic E-state index is 0.706. The summed E-state index contributed by atoms with van der Waals surface area (Å²) < 4.78 is 2.01. The van der Waals surface area contributed by atoms with Crippen LogP contribution >= 0.6 is 0 Å². The standard InChI is InChI=1S/C21H32N6/c1-17-15-18(2)27(25-17)20-10-6-5-9-19(20)16-24-21(22-3)23-11-14-26-12-7-4-8-13-26/h5-6,9-10,15H,4,7-8,11-14,16H2,1-3H3,(H2,22,23,24). The van der Waals surface area contributed by atoms with Gasteiger partial charge in [-0.3, -0.25) is 4.99 Å². The van der Waals surface area contributed by atoms with Crippen LogP contribution in [-0.2, 0) is 6.54 Å². The maximum absolute atomic E-state index is 4.63. The molecule has 0 amide bonds. The molecule has 0 radical (unpaired) electrons. The highest BCUT2D eigenvalue weighted by atomic mass is 15.3. The first kappa shape index (κ1) is 19.4. The zero-order valence-corrected chi connectivity index (χ0v) is 16.8. The maximum atomic E-state index is 4.63. The molecule has 2 N–H and O–H groups in total. The van der Waals surface area contributed by atoms with Crippen molar-refractivity contribution < 1.29 is 0 Å². The number of aryl methyl sites for hydroxylation is 2. The van der Waals surface area contributed by atoms with Crippen LogP contribution in [0.1, 0.15) is 36.2 Å². The summed E-state index contributed by atoms with van der Waals surface area (Å²) in [4.78, 5) is 6.89. The molecule has 0 unspecified atom stereocenters. The first-order chi connectivity index (χ1) is 13.2. The number of likely N-dealkylation sites (tertiary alicyclic amines) is 1. The van der Waals surface area contributed by atoms with Gasteiger partial charge < -0.3 is 15.5 Å². The molecule has 146 valence electrons. The number of aromatic nitrogens is 2. The van der Waals surface area contributed by atoms with Gasteiger partial charge in [-0.2, -0.15) is 5.10 Å². The molecule has 1 aliphatic heterocycles. The van der Waals surface area contributed by atoms with Gasteiger partial charge in [0.1, 0.15) is 0 Å². The quantitative estimate of drug-likeness (QED) is 0.608. The van der Waals surface area contributed by atoms with Crippen LogP contribution in [-0.4, -0.2) is 53.9 Å². The Bertz CT molecular complexity index is 758. The highest BCUT2D eigenvalue weighted by molar-refractivity contribution is 5.79. The zero-order valence-electron chi connectivity index (χ0n) is 16.8. The summed E-state index contributed by atoms with van der Waals surface area (Å²) in [6.07, 6.45) is 4.04. The van der Waals surface area contributed by atoms with Gasteiger partial charge in [0, 0.05) is 32.4 Å². The molecular formula is C21H32N6. The Morgan fingerprint density at radius 3 is 2.59 bits per heavy atom. The molecule has 6 nitrogen and oxygen atoms in total. The van der Waals surface area contributed by atoms with Crippen molar-refractivity contribution in [1.82, 2.24) is 25.3 Å². The minimum atomic E-state index is 0.706. The molecule has 0 saturated carbocycles. The lowest BCUT2D eigenvalue weighted by atomic mass is 10.1. The monoisotopic (exact) mass is 368 g/mol. The van der Waals surface area contributed by atoms with E-state index < -0.39 is 0 Å². The van der Waals surface area contributed by atoms with E-state index in [4.69, 9.17) is 0 Å². The van der Waals surface area contributed by atoms with Gasteiger partial charge in [-0.15, -0.1) is 0 Å². The van der Waals surface area contributed by atoms with Gasteiger partial charge in [-0.05, 0) is 57.5 Å². The van der Waals surface area contributed by atoms with Crippen LogP contribution < -0.4 is 10.6 Å². The molecule has 1 aromatic carbocycles. The van der Waals surface area contributed by atoms with E-state index in [0.717, 1.165) is 36.1 Å². The number of nitrogens with zero attached hydrogens (tertiary/aromatic N) is 4. The number of aliphatic imine (C=N–C) groups is 1. The fraction of sp³-hybridized carbons (Fsp3) is 0.524. The summed E-state index contributed by atoms with van der Waals surface area (Å²) in [6.45, 7) is 9.26. The molecule has 0 atom stereocenters. The van der Waals surface area contributed by atoms with Crippen molar-refractivity contribution in [2.45, 2.75) is 39.7 Å². The second-order valence-corrected chi connectivity index (χ2v) is 7.22. The Balaban J connectivity index is 1.56. The number of hydrogen-bond acceptors (Lipinski definition) is 3. The number of rotatable bonds is 6. The molecule has 2 heterocycles. The Kier molecular flexibility index (Phi) is 6.87. The number of piperidine rings is 1. The number of benzene rings is 1. The second-order valence-electron chi connectivity index (χ2n) is 7.22. The van der Waals surface area contributed by atoms with Crippen molar-refractivity contribution >= 4 is 5.96 Å². The van der Waals surface area contributed by atoms with Gasteiger partial charge >= 0.3 is 0 Å². The lowest BCUT2D eigenvalue weighted by Gasteiger charge is -2.26. The van der Waals surface area contributed by atoms with Crippen molar-refractivity contribution in [3.05, 3.63) is 47.3 Å².